The average molecular weight is 457 g/mol. The van der Waals surface area contributed by atoms with E-state index in [1.807, 2.05) is 6.92 Å². The van der Waals surface area contributed by atoms with Crippen molar-refractivity contribution in [3.05, 3.63) is 82.9 Å². The van der Waals surface area contributed by atoms with Gasteiger partial charge in [-0.25, -0.2) is 8.42 Å². The Hall–Kier alpha value is -3.03. The first kappa shape index (κ1) is 21.2. The lowest BCUT2D eigenvalue weighted by Crippen LogP contribution is -2.35. The van der Waals surface area contributed by atoms with Crippen molar-refractivity contribution in [3.63, 3.8) is 0 Å². The molecule has 1 heterocycles. The number of hydrogen-bond donors (Lipinski definition) is 1. The second-order valence-corrected chi connectivity index (χ2v) is 9.59. The predicted octanol–water partition coefficient (Wildman–Crippen LogP) is 4.74. The number of sulfonamides is 1. The fourth-order valence-electron chi connectivity index (χ4n) is 3.73. The van der Waals surface area contributed by atoms with E-state index in [1.165, 1.54) is 16.4 Å². The van der Waals surface area contributed by atoms with Crippen LogP contribution >= 0.6 is 11.6 Å². The Balaban J connectivity index is 1.61. The van der Waals surface area contributed by atoms with Crippen LogP contribution in [0.15, 0.2) is 71.6 Å². The van der Waals surface area contributed by atoms with Gasteiger partial charge in [-0.05, 0) is 73.5 Å². The maximum atomic E-state index is 13.2. The summed E-state index contributed by atoms with van der Waals surface area (Å²) in [6.45, 7) is 1.85. The molecule has 0 fully saturated rings. The summed E-state index contributed by atoms with van der Waals surface area (Å²) in [5.41, 5.74) is 2.47. The van der Waals surface area contributed by atoms with Crippen LogP contribution in [0.25, 0.3) is 0 Å². The monoisotopic (exact) mass is 456 g/mol. The van der Waals surface area contributed by atoms with Crippen molar-refractivity contribution in [1.29, 1.82) is 0 Å². The fourth-order valence-corrected chi connectivity index (χ4v) is 5.55. The number of carbonyl (C=O) groups excluding carboxylic acids is 1. The molecule has 1 amide bonds. The molecule has 8 heteroatoms. The van der Waals surface area contributed by atoms with E-state index in [4.69, 9.17) is 16.3 Å². The number of hydrogen-bond acceptors (Lipinski definition) is 4. The maximum absolute atomic E-state index is 13.2. The predicted molar refractivity (Wildman–Crippen MR) is 122 cm³/mol. The number of benzene rings is 3. The largest absolute Gasteiger partial charge is 0.497 e. The van der Waals surface area contributed by atoms with Gasteiger partial charge >= 0.3 is 0 Å². The summed E-state index contributed by atoms with van der Waals surface area (Å²) < 4.78 is 33.1. The van der Waals surface area contributed by atoms with Crippen molar-refractivity contribution in [1.82, 2.24) is 0 Å². The maximum Gasteiger partial charge on any atom is 0.264 e. The zero-order chi connectivity index (χ0) is 22.2. The van der Waals surface area contributed by atoms with Crippen LogP contribution in [0, 0.1) is 0 Å². The number of rotatable bonds is 5. The summed E-state index contributed by atoms with van der Waals surface area (Å²) in [5, 5.41) is 3.32. The van der Waals surface area contributed by atoms with Gasteiger partial charge in [-0.1, -0.05) is 17.7 Å². The standard InChI is InChI=1S/C23H21ClN2O4S/c1-15-12-17-13-16(23(27)25-19-4-3-5-20(14-19)30-2)6-11-22(17)26(15)31(28,29)21-9-7-18(24)8-10-21/h3-11,13-15H,12H2,1-2H3,(H,25,27)/t15-/m0/s1. The van der Waals surface area contributed by atoms with Gasteiger partial charge < -0.3 is 10.1 Å². The van der Waals surface area contributed by atoms with E-state index in [2.05, 4.69) is 5.32 Å². The Morgan fingerprint density at radius 3 is 2.55 bits per heavy atom. The molecule has 4 rings (SSSR count). The highest BCUT2D eigenvalue weighted by molar-refractivity contribution is 7.92. The number of nitrogens with one attached hydrogen (secondary N) is 1. The molecule has 3 aromatic rings. The molecule has 0 radical (unpaired) electrons. The summed E-state index contributed by atoms with van der Waals surface area (Å²) in [6.07, 6.45) is 0.516. The van der Waals surface area contributed by atoms with Crippen LogP contribution in [-0.4, -0.2) is 27.5 Å². The van der Waals surface area contributed by atoms with Crippen molar-refractivity contribution in [2.75, 3.05) is 16.7 Å². The van der Waals surface area contributed by atoms with Crippen molar-refractivity contribution < 1.29 is 17.9 Å². The molecule has 31 heavy (non-hydrogen) atoms. The Labute approximate surface area is 186 Å². The lowest BCUT2D eigenvalue weighted by molar-refractivity contribution is 0.102. The fraction of sp³-hybridized carbons (Fsp3) is 0.174. The van der Waals surface area contributed by atoms with Crippen molar-refractivity contribution in [2.24, 2.45) is 0 Å². The van der Waals surface area contributed by atoms with Gasteiger partial charge in [0.25, 0.3) is 15.9 Å². The highest BCUT2D eigenvalue weighted by atomic mass is 35.5. The molecule has 0 aliphatic carbocycles. The third kappa shape index (κ3) is 4.11. The Morgan fingerprint density at radius 1 is 1.10 bits per heavy atom. The molecule has 1 aliphatic heterocycles. The lowest BCUT2D eigenvalue weighted by atomic mass is 10.1. The van der Waals surface area contributed by atoms with E-state index in [0.29, 0.717) is 34.1 Å². The lowest BCUT2D eigenvalue weighted by Gasteiger charge is -2.24. The minimum Gasteiger partial charge on any atom is -0.497 e. The molecular formula is C23H21ClN2O4S. The number of halogens is 1. The van der Waals surface area contributed by atoms with Gasteiger partial charge in [-0.2, -0.15) is 0 Å². The number of anilines is 2. The van der Waals surface area contributed by atoms with Crippen LogP contribution in [0.5, 0.6) is 5.75 Å². The van der Waals surface area contributed by atoms with Crippen LogP contribution < -0.4 is 14.4 Å². The molecule has 3 aromatic carbocycles. The first-order chi connectivity index (χ1) is 14.8. The van der Waals surface area contributed by atoms with Gasteiger partial charge in [0, 0.05) is 28.4 Å². The van der Waals surface area contributed by atoms with Gasteiger partial charge in [0.15, 0.2) is 0 Å². The molecular weight excluding hydrogens is 436 g/mol. The van der Waals surface area contributed by atoms with Gasteiger partial charge in [-0.15, -0.1) is 0 Å². The SMILES string of the molecule is COc1cccc(NC(=O)c2ccc3c(c2)C[C@H](C)N3S(=O)(=O)c2ccc(Cl)cc2)c1. The summed E-state index contributed by atoms with van der Waals surface area (Å²) in [4.78, 5) is 12.9. The van der Waals surface area contributed by atoms with Crippen LogP contribution in [0.3, 0.4) is 0 Å². The van der Waals surface area contributed by atoms with E-state index >= 15 is 0 Å². The van der Waals surface area contributed by atoms with Gasteiger partial charge in [0.05, 0.1) is 17.7 Å². The van der Waals surface area contributed by atoms with E-state index in [9.17, 15) is 13.2 Å². The molecule has 0 unspecified atom stereocenters. The number of carbonyl (C=O) groups is 1. The van der Waals surface area contributed by atoms with Gasteiger partial charge in [0.2, 0.25) is 0 Å². The highest BCUT2D eigenvalue weighted by Crippen LogP contribution is 2.37. The van der Waals surface area contributed by atoms with E-state index in [0.717, 1.165) is 5.56 Å². The minimum atomic E-state index is -3.75. The van der Waals surface area contributed by atoms with Crippen LogP contribution in [0.4, 0.5) is 11.4 Å². The van der Waals surface area contributed by atoms with Crippen LogP contribution in [0.1, 0.15) is 22.8 Å². The molecule has 1 N–H and O–H groups in total. The summed E-state index contributed by atoms with van der Waals surface area (Å²) in [5.74, 6) is 0.367. The third-order valence-corrected chi connectivity index (χ3v) is 7.39. The van der Waals surface area contributed by atoms with Gasteiger partial charge in [-0.3, -0.25) is 9.10 Å². The molecule has 1 atom stereocenters. The number of amides is 1. The van der Waals surface area contributed by atoms with Crippen molar-refractivity contribution in [3.8, 4) is 5.75 Å². The Kier molecular flexibility index (Phi) is 5.64. The number of methoxy groups -OCH3 is 1. The van der Waals surface area contributed by atoms with E-state index in [1.54, 1.807) is 61.7 Å². The second-order valence-electron chi connectivity index (χ2n) is 7.34. The van der Waals surface area contributed by atoms with Crippen molar-refractivity contribution >= 4 is 38.9 Å². The number of fused-ring (bicyclic) bond motifs is 1. The topological polar surface area (TPSA) is 75.7 Å². The molecule has 0 saturated heterocycles. The molecule has 0 aromatic heterocycles. The highest BCUT2D eigenvalue weighted by Gasteiger charge is 2.36. The quantitative estimate of drug-likeness (QED) is 0.601. The molecule has 0 bridgehead atoms. The summed E-state index contributed by atoms with van der Waals surface area (Å²) in [7, 11) is -2.19. The first-order valence-corrected chi connectivity index (χ1v) is 11.5. The molecule has 1 aliphatic rings. The zero-order valence-electron chi connectivity index (χ0n) is 17.0. The van der Waals surface area contributed by atoms with Gasteiger partial charge in [0.1, 0.15) is 5.75 Å². The van der Waals surface area contributed by atoms with E-state index in [-0.39, 0.29) is 16.8 Å². The zero-order valence-corrected chi connectivity index (χ0v) is 18.6. The molecule has 0 saturated carbocycles. The number of ether oxygens (including phenoxy) is 1. The molecule has 6 nitrogen and oxygen atoms in total. The summed E-state index contributed by atoms with van der Waals surface area (Å²) in [6, 6.07) is 18.0. The smallest absolute Gasteiger partial charge is 0.264 e. The first-order valence-electron chi connectivity index (χ1n) is 9.68. The second kappa shape index (κ2) is 8.24. The molecule has 160 valence electrons. The Morgan fingerprint density at radius 2 is 1.84 bits per heavy atom. The van der Waals surface area contributed by atoms with Crippen molar-refractivity contribution in [2.45, 2.75) is 24.3 Å². The third-order valence-electron chi connectivity index (χ3n) is 5.19. The Bertz CT molecular complexity index is 1240. The summed E-state index contributed by atoms with van der Waals surface area (Å²) >= 11 is 5.90. The van der Waals surface area contributed by atoms with Crippen LogP contribution in [0.2, 0.25) is 5.02 Å². The molecule has 0 spiro atoms. The average Bonchev–Trinajstić information content (AvgIpc) is 3.09. The minimum absolute atomic E-state index is 0.177. The normalized spacial score (nSPS) is 15.5. The number of nitrogens with zero attached hydrogens (tertiary/aromatic N) is 1. The van der Waals surface area contributed by atoms with E-state index < -0.39 is 10.0 Å². The van der Waals surface area contributed by atoms with Crippen LogP contribution in [-0.2, 0) is 16.4 Å².